The Morgan fingerprint density at radius 1 is 1.17 bits per heavy atom. The van der Waals surface area contributed by atoms with Gasteiger partial charge in [-0.2, -0.15) is 5.10 Å². The lowest BCUT2D eigenvalue weighted by molar-refractivity contribution is 0.0947. The van der Waals surface area contributed by atoms with Crippen LogP contribution in [0.2, 0.25) is 0 Å². The van der Waals surface area contributed by atoms with Crippen LogP contribution < -0.4 is 10.2 Å². The van der Waals surface area contributed by atoms with Gasteiger partial charge in [-0.25, -0.2) is 5.43 Å². The van der Waals surface area contributed by atoms with E-state index < -0.39 is 0 Å². The highest BCUT2D eigenvalue weighted by Crippen LogP contribution is 2.24. The van der Waals surface area contributed by atoms with Crippen molar-refractivity contribution in [2.24, 2.45) is 12.1 Å². The number of amides is 1. The predicted octanol–water partition coefficient (Wildman–Crippen LogP) is 4.71. The van der Waals surface area contributed by atoms with E-state index in [1.807, 2.05) is 48.0 Å². The summed E-state index contributed by atoms with van der Waals surface area (Å²) in [7, 11) is 3.50. The van der Waals surface area contributed by atoms with Gasteiger partial charge < -0.3 is 13.9 Å². The number of hydrogen-bond acceptors (Lipinski definition) is 3. The lowest BCUT2D eigenvalue weighted by Gasteiger charge is -2.03. The minimum atomic E-state index is -0.251. The van der Waals surface area contributed by atoms with Crippen LogP contribution in [-0.2, 0) is 13.6 Å². The standard InChI is InChI=1S/C24H26N4O2/c1-4-5-12-28-16-18(20-8-6-7-9-22(20)28)15-25-26-24(29)23-14-17-13-19(30-3)10-11-21(17)27(23)2/h6-11,13-16H,4-5,12H2,1-3H3,(H,26,29). The number of rotatable bonds is 7. The summed E-state index contributed by atoms with van der Waals surface area (Å²) in [4.78, 5) is 12.7. The summed E-state index contributed by atoms with van der Waals surface area (Å²) in [5, 5.41) is 6.31. The van der Waals surface area contributed by atoms with E-state index >= 15 is 0 Å². The van der Waals surface area contributed by atoms with Gasteiger partial charge in [-0.3, -0.25) is 4.79 Å². The number of para-hydroxylation sites is 1. The number of methoxy groups -OCH3 is 1. The Balaban J connectivity index is 1.56. The molecule has 0 saturated heterocycles. The van der Waals surface area contributed by atoms with Crippen molar-refractivity contribution in [3.63, 3.8) is 0 Å². The second-order valence-electron chi connectivity index (χ2n) is 7.36. The topological polar surface area (TPSA) is 60.6 Å². The van der Waals surface area contributed by atoms with Crippen molar-refractivity contribution in [1.82, 2.24) is 14.6 Å². The molecule has 0 radical (unpaired) electrons. The summed E-state index contributed by atoms with van der Waals surface area (Å²) in [6, 6.07) is 15.9. The lowest BCUT2D eigenvalue weighted by atomic mass is 10.2. The SMILES string of the molecule is CCCCn1cc(C=NNC(=O)c2cc3cc(OC)ccc3n2C)c2ccccc21. The van der Waals surface area contributed by atoms with Crippen molar-refractivity contribution in [2.45, 2.75) is 26.3 Å². The number of hydrazone groups is 1. The first-order valence-corrected chi connectivity index (χ1v) is 10.2. The Kier molecular flexibility index (Phi) is 5.57. The molecular formula is C24H26N4O2. The molecule has 30 heavy (non-hydrogen) atoms. The number of nitrogens with one attached hydrogen (secondary N) is 1. The van der Waals surface area contributed by atoms with Crippen molar-refractivity contribution in [1.29, 1.82) is 0 Å². The molecule has 6 heteroatoms. The van der Waals surface area contributed by atoms with Gasteiger partial charge in [0.05, 0.1) is 13.3 Å². The van der Waals surface area contributed by atoms with Crippen molar-refractivity contribution in [3.05, 3.63) is 66.0 Å². The molecule has 1 amide bonds. The van der Waals surface area contributed by atoms with Crippen LogP contribution in [0.3, 0.4) is 0 Å². The summed E-state index contributed by atoms with van der Waals surface area (Å²) in [6.45, 7) is 3.16. The molecule has 154 valence electrons. The summed E-state index contributed by atoms with van der Waals surface area (Å²) in [5.74, 6) is 0.510. The number of unbranched alkanes of at least 4 members (excludes halogenated alkanes) is 1. The Morgan fingerprint density at radius 3 is 2.80 bits per heavy atom. The second-order valence-corrected chi connectivity index (χ2v) is 7.36. The van der Waals surface area contributed by atoms with Crippen molar-refractivity contribution >= 4 is 33.9 Å². The molecule has 0 aliphatic rings. The number of ether oxygens (including phenoxy) is 1. The number of hydrogen-bond donors (Lipinski definition) is 1. The van der Waals surface area contributed by atoms with E-state index in [-0.39, 0.29) is 5.91 Å². The highest BCUT2D eigenvalue weighted by molar-refractivity contribution is 6.01. The Labute approximate surface area is 175 Å². The average Bonchev–Trinajstić information content (AvgIpc) is 3.29. The van der Waals surface area contributed by atoms with Gasteiger partial charge in [0.15, 0.2) is 0 Å². The van der Waals surface area contributed by atoms with E-state index in [1.54, 1.807) is 13.3 Å². The van der Waals surface area contributed by atoms with Crippen LogP contribution in [0.25, 0.3) is 21.8 Å². The van der Waals surface area contributed by atoms with E-state index in [0.717, 1.165) is 47.0 Å². The highest BCUT2D eigenvalue weighted by Gasteiger charge is 2.13. The zero-order valence-corrected chi connectivity index (χ0v) is 17.6. The minimum absolute atomic E-state index is 0.251. The lowest BCUT2D eigenvalue weighted by Crippen LogP contribution is -2.20. The maximum absolute atomic E-state index is 12.7. The first kappa shape index (κ1) is 19.8. The summed E-state index contributed by atoms with van der Waals surface area (Å²) < 4.78 is 9.38. The van der Waals surface area contributed by atoms with Gasteiger partial charge in [-0.1, -0.05) is 31.5 Å². The third-order valence-corrected chi connectivity index (χ3v) is 5.42. The molecule has 4 rings (SSSR count). The van der Waals surface area contributed by atoms with Gasteiger partial charge in [-0.15, -0.1) is 0 Å². The molecule has 0 atom stereocenters. The molecule has 0 bridgehead atoms. The minimum Gasteiger partial charge on any atom is -0.497 e. The molecule has 2 aromatic carbocycles. The van der Waals surface area contributed by atoms with Gasteiger partial charge in [0.2, 0.25) is 0 Å². The first-order chi connectivity index (χ1) is 14.6. The number of aryl methyl sites for hydroxylation is 2. The van der Waals surface area contributed by atoms with Crippen LogP contribution >= 0.6 is 0 Å². The van der Waals surface area contributed by atoms with Gasteiger partial charge in [0.1, 0.15) is 11.4 Å². The van der Waals surface area contributed by atoms with Crippen molar-refractivity contribution in [2.75, 3.05) is 7.11 Å². The molecule has 4 aromatic rings. The van der Waals surface area contributed by atoms with Gasteiger partial charge in [0.25, 0.3) is 5.91 Å². The third-order valence-electron chi connectivity index (χ3n) is 5.42. The highest BCUT2D eigenvalue weighted by atomic mass is 16.5. The predicted molar refractivity (Wildman–Crippen MR) is 121 cm³/mol. The third kappa shape index (κ3) is 3.68. The molecule has 0 aliphatic heterocycles. The van der Waals surface area contributed by atoms with Crippen LogP contribution in [0.15, 0.2) is 59.8 Å². The molecule has 0 saturated carbocycles. The molecule has 2 aromatic heterocycles. The van der Waals surface area contributed by atoms with Gasteiger partial charge in [0, 0.05) is 47.2 Å². The van der Waals surface area contributed by atoms with Crippen LogP contribution in [0, 0.1) is 0 Å². The van der Waals surface area contributed by atoms with E-state index in [0.29, 0.717) is 5.69 Å². The summed E-state index contributed by atoms with van der Waals surface area (Å²) in [5.41, 5.74) is 6.34. The fourth-order valence-corrected chi connectivity index (χ4v) is 3.78. The smallest absolute Gasteiger partial charge is 0.287 e. The molecule has 1 N–H and O–H groups in total. The van der Waals surface area contributed by atoms with Gasteiger partial charge in [-0.05, 0) is 36.8 Å². The maximum atomic E-state index is 12.7. The van der Waals surface area contributed by atoms with Crippen LogP contribution in [0.4, 0.5) is 0 Å². The van der Waals surface area contributed by atoms with E-state index in [9.17, 15) is 4.79 Å². The molecule has 2 heterocycles. The summed E-state index contributed by atoms with van der Waals surface area (Å²) >= 11 is 0. The zero-order chi connectivity index (χ0) is 21.1. The Hall–Kier alpha value is -3.54. The molecule has 0 spiro atoms. The van der Waals surface area contributed by atoms with Gasteiger partial charge >= 0.3 is 0 Å². The normalized spacial score (nSPS) is 11.6. The molecule has 0 fully saturated rings. The number of fused-ring (bicyclic) bond motifs is 2. The number of nitrogens with zero attached hydrogens (tertiary/aromatic N) is 3. The Morgan fingerprint density at radius 2 is 2.00 bits per heavy atom. The maximum Gasteiger partial charge on any atom is 0.287 e. The van der Waals surface area contributed by atoms with Crippen LogP contribution in [0.1, 0.15) is 35.8 Å². The number of carbonyl (C=O) groups is 1. The van der Waals surface area contributed by atoms with E-state index in [1.165, 1.54) is 5.52 Å². The second kappa shape index (κ2) is 8.45. The van der Waals surface area contributed by atoms with Crippen LogP contribution in [0.5, 0.6) is 5.75 Å². The van der Waals surface area contributed by atoms with Crippen LogP contribution in [-0.4, -0.2) is 28.4 Å². The quantitative estimate of drug-likeness (QED) is 0.360. The molecule has 0 unspecified atom stereocenters. The number of benzene rings is 2. The fraction of sp³-hybridized carbons (Fsp3) is 0.250. The van der Waals surface area contributed by atoms with E-state index in [4.69, 9.17) is 4.74 Å². The average molecular weight is 402 g/mol. The fourth-order valence-electron chi connectivity index (χ4n) is 3.78. The largest absolute Gasteiger partial charge is 0.497 e. The number of aromatic nitrogens is 2. The Bertz CT molecular complexity index is 1230. The van der Waals surface area contributed by atoms with Crippen molar-refractivity contribution < 1.29 is 9.53 Å². The number of carbonyl (C=O) groups excluding carboxylic acids is 1. The molecule has 0 aliphatic carbocycles. The molecule has 6 nitrogen and oxygen atoms in total. The van der Waals surface area contributed by atoms with E-state index in [2.05, 4.69) is 40.3 Å². The zero-order valence-electron chi connectivity index (χ0n) is 17.6. The summed E-state index contributed by atoms with van der Waals surface area (Å²) in [6.07, 6.45) is 6.08. The van der Waals surface area contributed by atoms with Crippen molar-refractivity contribution in [3.8, 4) is 5.75 Å². The monoisotopic (exact) mass is 402 g/mol. The first-order valence-electron chi connectivity index (χ1n) is 10.2. The molecular weight excluding hydrogens is 376 g/mol.